The SMILES string of the molecule is O=C1NCCN1Cc1ccc(CN2CCNC2=O)cc1. The zero-order valence-electron chi connectivity index (χ0n) is 11.3. The highest BCUT2D eigenvalue weighted by molar-refractivity contribution is 5.76. The van der Waals surface area contributed by atoms with E-state index in [1.54, 1.807) is 9.80 Å². The normalized spacial score (nSPS) is 18.4. The van der Waals surface area contributed by atoms with Gasteiger partial charge in [-0.05, 0) is 11.1 Å². The van der Waals surface area contributed by atoms with E-state index in [1.807, 2.05) is 24.3 Å². The number of nitrogens with zero attached hydrogens (tertiary/aromatic N) is 2. The average Bonchev–Trinajstić information content (AvgIpc) is 3.02. The maximum atomic E-state index is 11.5. The summed E-state index contributed by atoms with van der Waals surface area (Å²) in [5.74, 6) is 0. The standard InChI is InChI=1S/C14H18N4O2/c19-13-15-5-7-17(13)9-11-1-2-12(4-3-11)10-18-8-6-16-14(18)20/h1-4H,5-10H2,(H,15,19)(H,16,20). The Labute approximate surface area is 117 Å². The number of urea groups is 2. The number of amides is 4. The monoisotopic (exact) mass is 274 g/mol. The van der Waals surface area contributed by atoms with Crippen molar-refractivity contribution in [2.24, 2.45) is 0 Å². The third-order valence-electron chi connectivity index (χ3n) is 3.66. The second kappa shape index (κ2) is 5.40. The van der Waals surface area contributed by atoms with Crippen molar-refractivity contribution in [2.45, 2.75) is 13.1 Å². The lowest BCUT2D eigenvalue weighted by Gasteiger charge is -2.16. The molecule has 0 aliphatic carbocycles. The molecular formula is C14H18N4O2. The van der Waals surface area contributed by atoms with Gasteiger partial charge in [0.15, 0.2) is 0 Å². The van der Waals surface area contributed by atoms with Gasteiger partial charge in [-0.25, -0.2) is 9.59 Å². The summed E-state index contributed by atoms with van der Waals surface area (Å²) in [6.07, 6.45) is 0. The highest BCUT2D eigenvalue weighted by Gasteiger charge is 2.20. The van der Waals surface area contributed by atoms with Crippen LogP contribution in [-0.2, 0) is 13.1 Å². The summed E-state index contributed by atoms with van der Waals surface area (Å²) < 4.78 is 0. The maximum absolute atomic E-state index is 11.5. The van der Waals surface area contributed by atoms with Crippen molar-refractivity contribution >= 4 is 12.1 Å². The van der Waals surface area contributed by atoms with Gasteiger partial charge in [0.25, 0.3) is 0 Å². The van der Waals surface area contributed by atoms with Gasteiger partial charge in [0.2, 0.25) is 0 Å². The molecule has 2 N–H and O–H groups in total. The lowest BCUT2D eigenvalue weighted by atomic mass is 10.1. The van der Waals surface area contributed by atoms with Gasteiger partial charge >= 0.3 is 12.1 Å². The van der Waals surface area contributed by atoms with E-state index >= 15 is 0 Å². The van der Waals surface area contributed by atoms with Crippen LogP contribution in [0.5, 0.6) is 0 Å². The van der Waals surface area contributed by atoms with E-state index in [0.29, 0.717) is 13.1 Å². The average molecular weight is 274 g/mol. The summed E-state index contributed by atoms with van der Waals surface area (Å²) >= 11 is 0. The minimum absolute atomic E-state index is 0.00261. The lowest BCUT2D eigenvalue weighted by molar-refractivity contribution is 0.214. The smallest absolute Gasteiger partial charge is 0.317 e. The maximum Gasteiger partial charge on any atom is 0.317 e. The first-order valence-corrected chi connectivity index (χ1v) is 6.86. The summed E-state index contributed by atoms with van der Waals surface area (Å²) in [6.45, 7) is 4.23. The minimum Gasteiger partial charge on any atom is -0.336 e. The Morgan fingerprint density at radius 1 is 0.800 bits per heavy atom. The van der Waals surface area contributed by atoms with Crippen molar-refractivity contribution < 1.29 is 9.59 Å². The van der Waals surface area contributed by atoms with Gasteiger partial charge in [0.1, 0.15) is 0 Å². The van der Waals surface area contributed by atoms with E-state index in [1.165, 1.54) is 0 Å². The molecule has 0 atom stereocenters. The lowest BCUT2D eigenvalue weighted by Crippen LogP contribution is -2.28. The Morgan fingerprint density at radius 2 is 1.20 bits per heavy atom. The van der Waals surface area contributed by atoms with Crippen LogP contribution in [0.3, 0.4) is 0 Å². The van der Waals surface area contributed by atoms with E-state index in [-0.39, 0.29) is 12.1 Å². The molecule has 106 valence electrons. The van der Waals surface area contributed by atoms with Crippen molar-refractivity contribution in [3.8, 4) is 0 Å². The van der Waals surface area contributed by atoms with Crippen LogP contribution in [0.15, 0.2) is 24.3 Å². The summed E-state index contributed by atoms with van der Waals surface area (Å²) in [7, 11) is 0. The predicted molar refractivity (Wildman–Crippen MR) is 74.1 cm³/mol. The molecule has 6 nitrogen and oxygen atoms in total. The van der Waals surface area contributed by atoms with Crippen molar-refractivity contribution in [1.82, 2.24) is 20.4 Å². The largest absolute Gasteiger partial charge is 0.336 e. The molecular weight excluding hydrogens is 256 g/mol. The topological polar surface area (TPSA) is 64.7 Å². The fourth-order valence-corrected chi connectivity index (χ4v) is 2.51. The first-order valence-electron chi connectivity index (χ1n) is 6.86. The summed E-state index contributed by atoms with van der Waals surface area (Å²) in [5.41, 5.74) is 2.22. The molecule has 0 spiro atoms. The molecule has 20 heavy (non-hydrogen) atoms. The molecule has 2 aliphatic heterocycles. The molecule has 1 aromatic carbocycles. The molecule has 6 heteroatoms. The molecule has 0 radical (unpaired) electrons. The predicted octanol–water partition coefficient (Wildman–Crippen LogP) is 0.737. The first kappa shape index (κ1) is 12.8. The number of hydrogen-bond acceptors (Lipinski definition) is 2. The van der Waals surface area contributed by atoms with E-state index < -0.39 is 0 Å². The quantitative estimate of drug-likeness (QED) is 0.850. The molecule has 4 amide bonds. The van der Waals surface area contributed by atoms with Crippen LogP contribution in [0.1, 0.15) is 11.1 Å². The van der Waals surface area contributed by atoms with Gasteiger partial charge in [-0.2, -0.15) is 0 Å². The van der Waals surface area contributed by atoms with Crippen LogP contribution < -0.4 is 10.6 Å². The van der Waals surface area contributed by atoms with E-state index in [2.05, 4.69) is 10.6 Å². The fraction of sp³-hybridized carbons (Fsp3) is 0.429. The Kier molecular flexibility index (Phi) is 3.45. The van der Waals surface area contributed by atoms with E-state index in [4.69, 9.17) is 0 Å². The molecule has 1 aromatic rings. The molecule has 0 aromatic heterocycles. The zero-order chi connectivity index (χ0) is 13.9. The third kappa shape index (κ3) is 2.68. The molecule has 0 saturated carbocycles. The van der Waals surface area contributed by atoms with Crippen molar-refractivity contribution in [3.05, 3.63) is 35.4 Å². The van der Waals surface area contributed by atoms with Gasteiger partial charge in [-0.1, -0.05) is 24.3 Å². The molecule has 0 bridgehead atoms. The van der Waals surface area contributed by atoms with Crippen LogP contribution in [0.2, 0.25) is 0 Å². The summed E-state index contributed by atoms with van der Waals surface area (Å²) in [4.78, 5) is 26.5. The number of hydrogen-bond donors (Lipinski definition) is 2. The Hall–Kier alpha value is -2.24. The van der Waals surface area contributed by atoms with Gasteiger partial charge in [0.05, 0.1) is 0 Å². The van der Waals surface area contributed by atoms with Crippen LogP contribution >= 0.6 is 0 Å². The van der Waals surface area contributed by atoms with Crippen molar-refractivity contribution in [3.63, 3.8) is 0 Å². The highest BCUT2D eigenvalue weighted by Crippen LogP contribution is 2.12. The second-order valence-electron chi connectivity index (χ2n) is 5.12. The number of nitrogens with one attached hydrogen (secondary N) is 2. The summed E-state index contributed by atoms with van der Waals surface area (Å²) in [5, 5.41) is 5.58. The fourth-order valence-electron chi connectivity index (χ4n) is 2.51. The van der Waals surface area contributed by atoms with Crippen LogP contribution in [0, 0.1) is 0 Å². The Balaban J connectivity index is 1.59. The number of carbonyl (C=O) groups is 2. The second-order valence-corrected chi connectivity index (χ2v) is 5.12. The van der Waals surface area contributed by atoms with Crippen molar-refractivity contribution in [1.29, 1.82) is 0 Å². The van der Waals surface area contributed by atoms with Crippen LogP contribution in [0.4, 0.5) is 9.59 Å². The van der Waals surface area contributed by atoms with E-state index in [0.717, 1.165) is 37.3 Å². The Bertz CT molecular complexity index is 467. The van der Waals surface area contributed by atoms with Crippen LogP contribution in [0.25, 0.3) is 0 Å². The number of carbonyl (C=O) groups excluding carboxylic acids is 2. The van der Waals surface area contributed by atoms with E-state index in [9.17, 15) is 9.59 Å². The minimum atomic E-state index is 0.00261. The molecule has 2 saturated heterocycles. The first-order chi connectivity index (χ1) is 9.72. The van der Waals surface area contributed by atoms with Gasteiger partial charge < -0.3 is 20.4 Å². The molecule has 2 aliphatic rings. The highest BCUT2D eigenvalue weighted by atomic mass is 16.2. The molecule has 0 unspecified atom stereocenters. The third-order valence-corrected chi connectivity index (χ3v) is 3.66. The molecule has 2 fully saturated rings. The Morgan fingerprint density at radius 3 is 1.50 bits per heavy atom. The number of rotatable bonds is 4. The van der Waals surface area contributed by atoms with Gasteiger partial charge in [0, 0.05) is 39.3 Å². The van der Waals surface area contributed by atoms with Gasteiger partial charge in [-0.15, -0.1) is 0 Å². The molecule has 2 heterocycles. The zero-order valence-corrected chi connectivity index (χ0v) is 11.3. The van der Waals surface area contributed by atoms with Crippen molar-refractivity contribution in [2.75, 3.05) is 26.2 Å². The van der Waals surface area contributed by atoms with Gasteiger partial charge in [-0.3, -0.25) is 0 Å². The molecule has 3 rings (SSSR count). The van der Waals surface area contributed by atoms with Crippen LogP contribution in [-0.4, -0.2) is 48.0 Å². The summed E-state index contributed by atoms with van der Waals surface area (Å²) in [6, 6.07) is 8.10. The number of benzene rings is 1.